The molecule has 0 aromatic heterocycles. The van der Waals surface area contributed by atoms with Crippen molar-refractivity contribution in [2.75, 3.05) is 19.6 Å². The Bertz CT molecular complexity index is 253. The lowest BCUT2D eigenvalue weighted by Crippen LogP contribution is -2.50. The molecule has 2 unspecified atom stereocenters. The van der Waals surface area contributed by atoms with Crippen molar-refractivity contribution in [2.45, 2.75) is 25.8 Å². The zero-order valence-electron chi connectivity index (χ0n) is 9.11. The lowest BCUT2D eigenvalue weighted by molar-refractivity contribution is -0.126. The fourth-order valence-corrected chi connectivity index (χ4v) is 1.87. The molecular formula is C10H19N3O2. The van der Waals surface area contributed by atoms with Crippen LogP contribution in [0.3, 0.4) is 0 Å². The van der Waals surface area contributed by atoms with Crippen LogP contribution in [-0.2, 0) is 9.59 Å². The predicted molar refractivity (Wildman–Crippen MR) is 57.0 cm³/mol. The SMILES string of the molecule is CCC1CN(CC(N)C(N)=O)CCC1=O. The lowest BCUT2D eigenvalue weighted by atomic mass is 9.94. The van der Waals surface area contributed by atoms with Gasteiger partial charge < -0.3 is 16.4 Å². The van der Waals surface area contributed by atoms with Gasteiger partial charge in [-0.05, 0) is 6.42 Å². The number of carbonyl (C=O) groups excluding carboxylic acids is 2. The monoisotopic (exact) mass is 213 g/mol. The molecule has 1 amide bonds. The zero-order chi connectivity index (χ0) is 11.4. The van der Waals surface area contributed by atoms with Crippen molar-refractivity contribution in [3.8, 4) is 0 Å². The molecule has 0 saturated carbocycles. The molecule has 0 aromatic rings. The first kappa shape index (κ1) is 12.1. The maximum atomic E-state index is 11.4. The fourth-order valence-electron chi connectivity index (χ4n) is 1.87. The second kappa shape index (κ2) is 5.23. The summed E-state index contributed by atoms with van der Waals surface area (Å²) in [7, 11) is 0. The van der Waals surface area contributed by atoms with E-state index in [-0.39, 0.29) is 5.92 Å². The average molecular weight is 213 g/mol. The van der Waals surface area contributed by atoms with Crippen molar-refractivity contribution in [2.24, 2.45) is 17.4 Å². The topological polar surface area (TPSA) is 89.4 Å². The Kier molecular flexibility index (Phi) is 4.23. The van der Waals surface area contributed by atoms with E-state index in [0.29, 0.717) is 31.8 Å². The Hall–Kier alpha value is -0.940. The Balaban J connectivity index is 2.44. The molecule has 1 aliphatic rings. The van der Waals surface area contributed by atoms with Crippen molar-refractivity contribution in [1.29, 1.82) is 0 Å². The highest BCUT2D eigenvalue weighted by atomic mass is 16.1. The number of carbonyl (C=O) groups is 2. The highest BCUT2D eigenvalue weighted by molar-refractivity contribution is 5.82. The molecule has 0 aromatic carbocycles. The predicted octanol–water partition coefficient (Wildman–Crippen LogP) is -0.900. The zero-order valence-corrected chi connectivity index (χ0v) is 9.11. The normalized spacial score (nSPS) is 25.2. The minimum absolute atomic E-state index is 0.0961. The van der Waals surface area contributed by atoms with Crippen LogP contribution >= 0.6 is 0 Å². The van der Waals surface area contributed by atoms with Crippen LogP contribution in [0, 0.1) is 5.92 Å². The van der Waals surface area contributed by atoms with Gasteiger partial charge in [0.05, 0.1) is 6.04 Å². The molecule has 5 nitrogen and oxygen atoms in total. The Morgan fingerprint density at radius 1 is 1.67 bits per heavy atom. The number of ketones is 1. The molecule has 0 radical (unpaired) electrons. The van der Waals surface area contributed by atoms with Gasteiger partial charge in [0.2, 0.25) is 5.91 Å². The standard InChI is InChI=1S/C10H19N3O2/c1-2-7-5-13(4-3-9(7)14)6-8(11)10(12)15/h7-8H,2-6,11H2,1H3,(H2,12,15). The van der Waals surface area contributed by atoms with E-state index in [1.165, 1.54) is 0 Å². The number of hydrogen-bond donors (Lipinski definition) is 2. The van der Waals surface area contributed by atoms with Crippen LogP contribution in [0.25, 0.3) is 0 Å². The number of piperidine rings is 1. The number of amides is 1. The summed E-state index contributed by atoms with van der Waals surface area (Å²) in [6, 6.07) is -0.629. The van der Waals surface area contributed by atoms with Crippen LogP contribution < -0.4 is 11.5 Å². The lowest BCUT2D eigenvalue weighted by Gasteiger charge is -2.32. The molecule has 4 N–H and O–H groups in total. The molecule has 1 fully saturated rings. The van der Waals surface area contributed by atoms with Gasteiger partial charge in [0.15, 0.2) is 0 Å². The van der Waals surface area contributed by atoms with Crippen molar-refractivity contribution in [1.82, 2.24) is 4.90 Å². The van der Waals surface area contributed by atoms with Crippen molar-refractivity contribution in [3.05, 3.63) is 0 Å². The van der Waals surface area contributed by atoms with E-state index in [1.807, 2.05) is 11.8 Å². The quantitative estimate of drug-likeness (QED) is 0.633. The van der Waals surface area contributed by atoms with Crippen molar-refractivity contribution < 1.29 is 9.59 Å². The summed E-state index contributed by atoms with van der Waals surface area (Å²) >= 11 is 0. The molecule has 1 heterocycles. The van der Waals surface area contributed by atoms with Gasteiger partial charge in [-0.3, -0.25) is 9.59 Å². The summed E-state index contributed by atoms with van der Waals surface area (Å²) in [5.41, 5.74) is 10.7. The molecule has 86 valence electrons. The molecule has 0 bridgehead atoms. The fraction of sp³-hybridized carbons (Fsp3) is 0.800. The van der Waals surface area contributed by atoms with Crippen LogP contribution in [-0.4, -0.2) is 42.3 Å². The largest absolute Gasteiger partial charge is 0.368 e. The van der Waals surface area contributed by atoms with Crippen LogP contribution in [0.5, 0.6) is 0 Å². The van der Waals surface area contributed by atoms with Gasteiger partial charge in [-0.2, -0.15) is 0 Å². The number of primary amides is 1. The maximum Gasteiger partial charge on any atom is 0.235 e. The number of rotatable bonds is 4. The third-order valence-electron chi connectivity index (χ3n) is 2.92. The molecular weight excluding hydrogens is 194 g/mol. The highest BCUT2D eigenvalue weighted by Crippen LogP contribution is 2.15. The maximum absolute atomic E-state index is 11.4. The number of hydrogen-bond acceptors (Lipinski definition) is 4. The van der Waals surface area contributed by atoms with Gasteiger partial charge in [0, 0.05) is 32.0 Å². The summed E-state index contributed by atoms with van der Waals surface area (Å²) in [6.07, 6.45) is 1.41. The molecule has 15 heavy (non-hydrogen) atoms. The van der Waals surface area contributed by atoms with E-state index in [0.717, 1.165) is 6.42 Å². The number of nitrogens with two attached hydrogens (primary N) is 2. The first-order valence-corrected chi connectivity index (χ1v) is 5.34. The Morgan fingerprint density at radius 2 is 2.33 bits per heavy atom. The highest BCUT2D eigenvalue weighted by Gasteiger charge is 2.27. The average Bonchev–Trinajstić information content (AvgIpc) is 2.20. The second-order valence-corrected chi connectivity index (χ2v) is 4.09. The molecule has 1 aliphatic heterocycles. The van der Waals surface area contributed by atoms with E-state index >= 15 is 0 Å². The minimum atomic E-state index is -0.629. The number of likely N-dealkylation sites (tertiary alicyclic amines) is 1. The molecule has 2 atom stereocenters. The third-order valence-corrected chi connectivity index (χ3v) is 2.92. The third kappa shape index (κ3) is 3.28. The van der Waals surface area contributed by atoms with Crippen molar-refractivity contribution >= 4 is 11.7 Å². The van der Waals surface area contributed by atoms with E-state index in [4.69, 9.17) is 11.5 Å². The number of Topliss-reactive ketones (excluding diaryl/α,β-unsaturated/α-hetero) is 1. The Morgan fingerprint density at radius 3 is 2.87 bits per heavy atom. The van der Waals surface area contributed by atoms with Crippen LogP contribution in [0.1, 0.15) is 19.8 Å². The van der Waals surface area contributed by atoms with Crippen LogP contribution in [0.15, 0.2) is 0 Å². The summed E-state index contributed by atoms with van der Waals surface area (Å²) < 4.78 is 0. The van der Waals surface area contributed by atoms with Gasteiger partial charge in [-0.15, -0.1) is 0 Å². The van der Waals surface area contributed by atoms with E-state index in [9.17, 15) is 9.59 Å². The van der Waals surface area contributed by atoms with E-state index in [2.05, 4.69) is 0 Å². The van der Waals surface area contributed by atoms with Crippen molar-refractivity contribution in [3.63, 3.8) is 0 Å². The smallest absolute Gasteiger partial charge is 0.235 e. The van der Waals surface area contributed by atoms with Gasteiger partial charge in [-0.1, -0.05) is 6.92 Å². The number of nitrogens with zero attached hydrogens (tertiary/aromatic N) is 1. The van der Waals surface area contributed by atoms with E-state index in [1.54, 1.807) is 0 Å². The molecule has 0 aliphatic carbocycles. The molecule has 1 saturated heterocycles. The van der Waals surface area contributed by atoms with Crippen LogP contribution in [0.4, 0.5) is 0 Å². The summed E-state index contributed by atoms with van der Waals surface area (Å²) in [6.45, 7) is 3.85. The molecule has 0 spiro atoms. The summed E-state index contributed by atoms with van der Waals surface area (Å²) in [5, 5.41) is 0. The first-order chi connectivity index (χ1) is 7.04. The first-order valence-electron chi connectivity index (χ1n) is 5.34. The molecule has 1 rings (SSSR count). The second-order valence-electron chi connectivity index (χ2n) is 4.09. The van der Waals surface area contributed by atoms with E-state index < -0.39 is 11.9 Å². The Labute approximate surface area is 89.8 Å². The van der Waals surface area contributed by atoms with Gasteiger partial charge in [0.25, 0.3) is 0 Å². The van der Waals surface area contributed by atoms with Gasteiger partial charge >= 0.3 is 0 Å². The van der Waals surface area contributed by atoms with Gasteiger partial charge in [-0.25, -0.2) is 0 Å². The van der Waals surface area contributed by atoms with Gasteiger partial charge in [0.1, 0.15) is 5.78 Å². The molecule has 5 heteroatoms. The minimum Gasteiger partial charge on any atom is -0.368 e. The summed E-state index contributed by atoms with van der Waals surface area (Å²) in [4.78, 5) is 24.3. The summed E-state index contributed by atoms with van der Waals surface area (Å²) in [5.74, 6) is -0.0693. The van der Waals surface area contributed by atoms with Crippen LogP contribution in [0.2, 0.25) is 0 Å².